The highest BCUT2D eigenvalue weighted by molar-refractivity contribution is 5.93. The van der Waals surface area contributed by atoms with E-state index in [0.29, 0.717) is 0 Å². The molecule has 2 aliphatic rings. The first-order chi connectivity index (χ1) is 8.25. The molecule has 0 saturated heterocycles. The van der Waals surface area contributed by atoms with Crippen LogP contribution in [0.2, 0.25) is 0 Å². The highest BCUT2D eigenvalue weighted by atomic mass is 16.4. The van der Waals surface area contributed by atoms with Gasteiger partial charge in [-0.3, -0.25) is 4.98 Å². The molecule has 1 N–H and O–H groups in total. The Hall–Kier alpha value is -2.36. The average Bonchev–Trinajstić information content (AvgIpc) is 2.38. The van der Waals surface area contributed by atoms with Gasteiger partial charge in [-0.1, -0.05) is 12.1 Å². The lowest BCUT2D eigenvalue weighted by Crippen LogP contribution is -2.40. The van der Waals surface area contributed by atoms with Crippen LogP contribution in [0.5, 0.6) is 0 Å². The molecule has 0 radical (unpaired) electrons. The summed E-state index contributed by atoms with van der Waals surface area (Å²) in [6.45, 7) is 0.744. The fourth-order valence-electron chi connectivity index (χ4n) is 2.02. The molecule has 17 heavy (non-hydrogen) atoms. The maximum Gasteiger partial charge on any atom is 0.335 e. The van der Waals surface area contributed by atoms with Gasteiger partial charge in [-0.2, -0.15) is 0 Å². The number of carbonyl (C=O) groups is 1. The summed E-state index contributed by atoms with van der Waals surface area (Å²) in [4.78, 5) is 17.3. The number of carboxylic acids is 1. The SMILES string of the molecule is O=C(O)C1=CC2=c3ncccc3=CCN2C=C1. The lowest BCUT2D eigenvalue weighted by atomic mass is 10.1. The highest BCUT2D eigenvalue weighted by Crippen LogP contribution is 2.17. The molecule has 0 unspecified atom stereocenters. The van der Waals surface area contributed by atoms with Crippen molar-refractivity contribution in [1.82, 2.24) is 9.88 Å². The van der Waals surface area contributed by atoms with Crippen LogP contribution < -0.4 is 10.6 Å². The van der Waals surface area contributed by atoms with E-state index in [1.807, 2.05) is 17.0 Å². The van der Waals surface area contributed by atoms with Crippen molar-refractivity contribution in [3.8, 4) is 0 Å². The lowest BCUT2D eigenvalue weighted by molar-refractivity contribution is -0.132. The van der Waals surface area contributed by atoms with E-state index in [4.69, 9.17) is 5.11 Å². The number of hydrogen-bond acceptors (Lipinski definition) is 3. The van der Waals surface area contributed by atoms with Gasteiger partial charge in [0.15, 0.2) is 0 Å². The number of carboxylic acid groups (broad SMARTS) is 1. The molecule has 0 aliphatic carbocycles. The zero-order valence-electron chi connectivity index (χ0n) is 9.00. The normalized spacial score (nSPS) is 16.8. The van der Waals surface area contributed by atoms with E-state index in [2.05, 4.69) is 11.1 Å². The Morgan fingerprint density at radius 3 is 3.18 bits per heavy atom. The third-order valence-corrected chi connectivity index (χ3v) is 2.87. The number of fused-ring (bicyclic) bond motifs is 2. The maximum absolute atomic E-state index is 11.0. The van der Waals surface area contributed by atoms with Gasteiger partial charge in [0.25, 0.3) is 0 Å². The molecule has 4 heteroatoms. The standard InChI is InChI=1S/C13H10N2O2/c16-13(17)10-4-7-15-6-3-9-2-1-5-14-12(9)11(15)8-10/h1-5,7-8H,6H2,(H,16,17). The van der Waals surface area contributed by atoms with Gasteiger partial charge >= 0.3 is 5.97 Å². The molecule has 0 saturated carbocycles. The van der Waals surface area contributed by atoms with Crippen molar-refractivity contribution in [2.24, 2.45) is 0 Å². The van der Waals surface area contributed by atoms with Crippen molar-refractivity contribution in [1.29, 1.82) is 0 Å². The van der Waals surface area contributed by atoms with Crippen molar-refractivity contribution in [2.75, 3.05) is 6.54 Å². The smallest absolute Gasteiger partial charge is 0.335 e. The molecule has 1 aromatic heterocycles. The van der Waals surface area contributed by atoms with E-state index < -0.39 is 5.97 Å². The lowest BCUT2D eigenvalue weighted by Gasteiger charge is -2.25. The summed E-state index contributed by atoms with van der Waals surface area (Å²) in [5.41, 5.74) is 1.14. The first-order valence-electron chi connectivity index (χ1n) is 5.31. The summed E-state index contributed by atoms with van der Waals surface area (Å²) >= 11 is 0. The quantitative estimate of drug-likeness (QED) is 0.722. The molecule has 0 amide bonds. The van der Waals surface area contributed by atoms with Crippen molar-refractivity contribution < 1.29 is 9.90 Å². The van der Waals surface area contributed by atoms with Crippen molar-refractivity contribution >= 4 is 17.7 Å². The number of nitrogens with zero attached hydrogens (tertiary/aromatic N) is 2. The summed E-state index contributed by atoms with van der Waals surface area (Å²) in [7, 11) is 0. The summed E-state index contributed by atoms with van der Waals surface area (Å²) < 4.78 is 0. The van der Waals surface area contributed by atoms with Crippen LogP contribution in [0.1, 0.15) is 0 Å². The van der Waals surface area contributed by atoms with Crippen LogP contribution in [0.3, 0.4) is 0 Å². The van der Waals surface area contributed by atoms with Gasteiger partial charge in [-0.25, -0.2) is 4.79 Å². The molecule has 4 nitrogen and oxygen atoms in total. The predicted molar refractivity (Wildman–Crippen MR) is 62.9 cm³/mol. The minimum absolute atomic E-state index is 0.287. The molecule has 0 spiro atoms. The van der Waals surface area contributed by atoms with Crippen LogP contribution in [0, 0.1) is 0 Å². The van der Waals surface area contributed by atoms with Gasteiger partial charge in [-0.05, 0) is 18.2 Å². The Kier molecular flexibility index (Phi) is 2.08. The molecular weight excluding hydrogens is 216 g/mol. The Balaban J connectivity index is 2.30. The minimum atomic E-state index is -0.916. The molecule has 1 aromatic rings. The minimum Gasteiger partial charge on any atom is -0.478 e. The molecule has 0 aromatic carbocycles. The molecular formula is C13H10N2O2. The Morgan fingerprint density at radius 2 is 2.35 bits per heavy atom. The topological polar surface area (TPSA) is 53.4 Å². The van der Waals surface area contributed by atoms with E-state index in [1.165, 1.54) is 0 Å². The molecule has 3 rings (SSSR count). The van der Waals surface area contributed by atoms with Crippen molar-refractivity contribution in [3.63, 3.8) is 0 Å². The molecule has 0 bridgehead atoms. The van der Waals surface area contributed by atoms with Gasteiger partial charge in [0.2, 0.25) is 0 Å². The zero-order chi connectivity index (χ0) is 11.8. The highest BCUT2D eigenvalue weighted by Gasteiger charge is 2.17. The Bertz CT molecular complexity index is 671. The van der Waals surface area contributed by atoms with Crippen LogP contribution >= 0.6 is 0 Å². The average molecular weight is 226 g/mol. The van der Waals surface area contributed by atoms with E-state index in [9.17, 15) is 4.79 Å². The fraction of sp³-hybridized carbons (Fsp3) is 0.0769. The zero-order valence-corrected chi connectivity index (χ0v) is 9.00. The second kappa shape index (κ2) is 3.59. The third-order valence-electron chi connectivity index (χ3n) is 2.87. The Morgan fingerprint density at radius 1 is 1.47 bits per heavy atom. The van der Waals surface area contributed by atoms with Gasteiger partial charge < -0.3 is 10.0 Å². The van der Waals surface area contributed by atoms with Gasteiger partial charge in [0.1, 0.15) is 0 Å². The summed E-state index contributed by atoms with van der Waals surface area (Å²) in [5, 5.41) is 10.9. The first kappa shape index (κ1) is 9.84. The van der Waals surface area contributed by atoms with Gasteiger partial charge in [0.05, 0.1) is 16.6 Å². The molecule has 84 valence electrons. The van der Waals surface area contributed by atoms with Crippen LogP contribution in [-0.4, -0.2) is 27.5 Å². The van der Waals surface area contributed by atoms with Crippen LogP contribution in [0.15, 0.2) is 42.3 Å². The Labute approximate surface area is 97.5 Å². The largest absolute Gasteiger partial charge is 0.478 e. The van der Waals surface area contributed by atoms with E-state index in [0.717, 1.165) is 22.8 Å². The molecule has 0 fully saturated rings. The molecule has 3 heterocycles. The molecule has 0 atom stereocenters. The van der Waals surface area contributed by atoms with E-state index >= 15 is 0 Å². The number of aromatic nitrogens is 1. The summed E-state index contributed by atoms with van der Waals surface area (Å²) in [6.07, 6.45) is 8.85. The first-order valence-corrected chi connectivity index (χ1v) is 5.31. The second-order valence-corrected chi connectivity index (χ2v) is 3.90. The van der Waals surface area contributed by atoms with E-state index in [-0.39, 0.29) is 5.57 Å². The van der Waals surface area contributed by atoms with Gasteiger partial charge in [-0.15, -0.1) is 0 Å². The van der Waals surface area contributed by atoms with Crippen LogP contribution in [0.4, 0.5) is 0 Å². The number of hydrogen-bond donors (Lipinski definition) is 1. The number of pyridine rings is 1. The third kappa shape index (κ3) is 1.54. The van der Waals surface area contributed by atoms with Gasteiger partial charge in [0, 0.05) is 24.2 Å². The van der Waals surface area contributed by atoms with Crippen molar-refractivity contribution in [2.45, 2.75) is 0 Å². The summed E-state index contributed by atoms with van der Waals surface area (Å²) in [5.74, 6) is -0.916. The van der Waals surface area contributed by atoms with Crippen LogP contribution in [-0.2, 0) is 4.79 Å². The second-order valence-electron chi connectivity index (χ2n) is 3.90. The summed E-state index contributed by atoms with van der Waals surface area (Å²) in [6, 6.07) is 3.87. The maximum atomic E-state index is 11.0. The van der Waals surface area contributed by atoms with E-state index in [1.54, 1.807) is 24.5 Å². The van der Waals surface area contributed by atoms with Crippen LogP contribution in [0.25, 0.3) is 11.8 Å². The number of rotatable bonds is 1. The van der Waals surface area contributed by atoms with Crippen molar-refractivity contribution in [3.05, 3.63) is 52.8 Å². The predicted octanol–water partition coefficient (Wildman–Crippen LogP) is -0.176. The molecule has 2 aliphatic heterocycles. The monoisotopic (exact) mass is 226 g/mol. The fourth-order valence-corrected chi connectivity index (χ4v) is 2.02. The number of aliphatic carboxylic acids is 1.